The van der Waals surface area contributed by atoms with Crippen LogP contribution >= 0.6 is 0 Å². The van der Waals surface area contributed by atoms with Crippen molar-refractivity contribution in [1.82, 2.24) is 5.32 Å². The normalized spacial score (nSPS) is 35.8. The minimum Gasteiger partial charge on any atom is -0.458 e. The second-order valence-corrected chi connectivity index (χ2v) is 10.7. The molecule has 0 aliphatic heterocycles. The molecule has 4 saturated carbocycles. The van der Waals surface area contributed by atoms with Crippen molar-refractivity contribution in [3.05, 3.63) is 0 Å². The van der Waals surface area contributed by atoms with Gasteiger partial charge in [-0.05, 0) is 64.7 Å². The fourth-order valence-electron chi connectivity index (χ4n) is 5.38. The van der Waals surface area contributed by atoms with Crippen LogP contribution in [0.1, 0.15) is 59.3 Å². The van der Waals surface area contributed by atoms with Gasteiger partial charge in [-0.3, -0.25) is 9.35 Å². The van der Waals surface area contributed by atoms with E-state index >= 15 is 0 Å². The fraction of sp³-hybridized carbons (Fsp3) is 0.882. The Kier molecular flexibility index (Phi) is 4.54. The molecule has 4 aliphatic carbocycles. The quantitative estimate of drug-likeness (QED) is 0.558. The molecule has 2 unspecified atom stereocenters. The zero-order chi connectivity index (χ0) is 19.4. The van der Waals surface area contributed by atoms with Crippen molar-refractivity contribution in [3.63, 3.8) is 0 Å². The maximum atomic E-state index is 12.3. The van der Waals surface area contributed by atoms with Crippen molar-refractivity contribution in [2.45, 2.75) is 76.0 Å². The van der Waals surface area contributed by atoms with Gasteiger partial charge in [-0.25, -0.2) is 4.79 Å². The maximum absolute atomic E-state index is 12.3. The second-order valence-electron chi connectivity index (χ2n) is 9.25. The van der Waals surface area contributed by atoms with Gasteiger partial charge in [0.25, 0.3) is 10.1 Å². The molecule has 9 heteroatoms. The third-order valence-electron chi connectivity index (χ3n) is 5.40. The average Bonchev–Trinajstić information content (AvgIpc) is 2.28. The number of amides is 1. The largest absolute Gasteiger partial charge is 0.458 e. The van der Waals surface area contributed by atoms with Gasteiger partial charge in [0.2, 0.25) is 0 Å². The summed E-state index contributed by atoms with van der Waals surface area (Å²) in [6.45, 7) is 5.39. The van der Waals surface area contributed by atoms with Gasteiger partial charge in [-0.15, -0.1) is 0 Å². The summed E-state index contributed by atoms with van der Waals surface area (Å²) < 4.78 is 41.7. The standard InChI is InChI=1S/C17H27NO7S/c1-15(2,3)25-14(20)18-16-5-11-4-12(6-16)8-17(7-11,10-16)24-13(19)9-26(21,22)23/h11-12H,4-10H2,1-3H3,(H,18,20)(H,21,22,23). The van der Waals surface area contributed by atoms with Crippen LogP contribution in [-0.2, 0) is 24.4 Å². The van der Waals surface area contributed by atoms with Crippen molar-refractivity contribution in [1.29, 1.82) is 0 Å². The summed E-state index contributed by atoms with van der Waals surface area (Å²) >= 11 is 0. The van der Waals surface area contributed by atoms with E-state index in [2.05, 4.69) is 5.32 Å². The van der Waals surface area contributed by atoms with Crippen LogP contribution in [0.5, 0.6) is 0 Å². The van der Waals surface area contributed by atoms with Crippen LogP contribution in [0.2, 0.25) is 0 Å². The van der Waals surface area contributed by atoms with Gasteiger partial charge in [-0.2, -0.15) is 8.42 Å². The molecule has 2 N–H and O–H groups in total. The van der Waals surface area contributed by atoms with E-state index in [0.29, 0.717) is 31.1 Å². The monoisotopic (exact) mass is 389 g/mol. The van der Waals surface area contributed by atoms with Gasteiger partial charge >= 0.3 is 12.1 Å². The maximum Gasteiger partial charge on any atom is 0.408 e. The molecule has 0 radical (unpaired) electrons. The highest BCUT2D eigenvalue weighted by Gasteiger charge is 2.60. The summed E-state index contributed by atoms with van der Waals surface area (Å²) in [5.41, 5.74) is -1.88. The van der Waals surface area contributed by atoms with Crippen LogP contribution in [-0.4, -0.2) is 47.5 Å². The lowest BCUT2D eigenvalue weighted by molar-refractivity contribution is -0.189. The van der Waals surface area contributed by atoms with Crippen LogP contribution in [0.3, 0.4) is 0 Å². The first-order valence-corrected chi connectivity index (χ1v) is 10.6. The van der Waals surface area contributed by atoms with Crippen molar-refractivity contribution in [2.75, 3.05) is 5.75 Å². The van der Waals surface area contributed by atoms with E-state index in [1.165, 1.54) is 0 Å². The summed E-state index contributed by atoms with van der Waals surface area (Å²) in [7, 11) is -4.43. The lowest BCUT2D eigenvalue weighted by atomic mass is 9.51. The van der Waals surface area contributed by atoms with Gasteiger partial charge in [0.1, 0.15) is 11.2 Å². The zero-order valence-electron chi connectivity index (χ0n) is 15.4. The smallest absolute Gasteiger partial charge is 0.408 e. The van der Waals surface area contributed by atoms with Crippen LogP contribution in [0.4, 0.5) is 4.79 Å². The van der Waals surface area contributed by atoms with Crippen LogP contribution in [0, 0.1) is 11.8 Å². The lowest BCUT2D eigenvalue weighted by Crippen LogP contribution is -2.66. The van der Waals surface area contributed by atoms with E-state index in [4.69, 9.17) is 14.0 Å². The summed E-state index contributed by atoms with van der Waals surface area (Å²) in [6.07, 6.45) is 3.93. The minimum absolute atomic E-state index is 0.310. The molecule has 0 saturated heterocycles. The van der Waals surface area contributed by atoms with E-state index in [1.807, 2.05) is 0 Å². The average molecular weight is 389 g/mol. The SMILES string of the molecule is CC(C)(C)OC(=O)NC12CC3CC(C1)CC(OC(=O)CS(=O)(=O)O)(C3)C2. The minimum atomic E-state index is -4.43. The van der Waals surface area contributed by atoms with Crippen molar-refractivity contribution >= 4 is 22.2 Å². The molecular formula is C17H27NO7S. The number of carbonyl (C=O) groups excluding carboxylic acids is 2. The molecule has 1 amide bonds. The molecule has 26 heavy (non-hydrogen) atoms. The Labute approximate surface area is 153 Å². The topological polar surface area (TPSA) is 119 Å². The van der Waals surface area contributed by atoms with E-state index in [0.717, 1.165) is 19.3 Å². The molecular weight excluding hydrogens is 362 g/mol. The van der Waals surface area contributed by atoms with Crippen LogP contribution < -0.4 is 5.32 Å². The molecule has 4 fully saturated rings. The molecule has 0 heterocycles. The highest BCUT2D eigenvalue weighted by molar-refractivity contribution is 7.86. The second kappa shape index (κ2) is 6.09. The lowest BCUT2D eigenvalue weighted by Gasteiger charge is -2.61. The number of ether oxygens (including phenoxy) is 2. The van der Waals surface area contributed by atoms with Gasteiger partial charge in [0.05, 0.1) is 0 Å². The number of rotatable bonds is 4. The molecule has 0 aromatic rings. The Balaban J connectivity index is 1.74. The first-order chi connectivity index (χ1) is 11.8. The van der Waals surface area contributed by atoms with E-state index < -0.39 is 44.7 Å². The van der Waals surface area contributed by atoms with Gasteiger partial charge in [0.15, 0.2) is 5.75 Å². The van der Waals surface area contributed by atoms with Gasteiger partial charge < -0.3 is 14.8 Å². The Morgan fingerprint density at radius 2 is 1.73 bits per heavy atom. The van der Waals surface area contributed by atoms with Crippen molar-refractivity contribution in [3.8, 4) is 0 Å². The number of alkyl carbamates (subject to hydrolysis) is 1. The van der Waals surface area contributed by atoms with E-state index in [-0.39, 0.29) is 0 Å². The third-order valence-corrected chi connectivity index (χ3v) is 6.00. The number of hydrogen-bond acceptors (Lipinski definition) is 6. The van der Waals surface area contributed by atoms with Gasteiger partial charge in [0, 0.05) is 12.0 Å². The van der Waals surface area contributed by atoms with Crippen LogP contribution in [0.25, 0.3) is 0 Å². The molecule has 4 aliphatic rings. The van der Waals surface area contributed by atoms with Crippen molar-refractivity contribution < 1.29 is 32.0 Å². The molecule has 0 aromatic heterocycles. The van der Waals surface area contributed by atoms with E-state index in [9.17, 15) is 18.0 Å². The Bertz CT molecular complexity index is 695. The zero-order valence-corrected chi connectivity index (χ0v) is 16.2. The molecule has 148 valence electrons. The first kappa shape index (κ1) is 19.4. The highest BCUT2D eigenvalue weighted by atomic mass is 32.2. The number of carbonyl (C=O) groups is 2. The Morgan fingerprint density at radius 3 is 2.23 bits per heavy atom. The third kappa shape index (κ3) is 4.49. The summed E-state index contributed by atoms with van der Waals surface area (Å²) in [4.78, 5) is 24.3. The fourth-order valence-corrected chi connectivity index (χ4v) is 5.74. The number of esters is 1. The van der Waals surface area contributed by atoms with Crippen molar-refractivity contribution in [2.24, 2.45) is 11.8 Å². The van der Waals surface area contributed by atoms with Gasteiger partial charge in [-0.1, -0.05) is 0 Å². The number of nitrogens with one attached hydrogen (secondary N) is 1. The molecule has 0 aromatic carbocycles. The number of hydrogen-bond donors (Lipinski definition) is 2. The summed E-state index contributed by atoms with van der Waals surface area (Å²) in [6, 6.07) is 0. The molecule has 4 bridgehead atoms. The highest BCUT2D eigenvalue weighted by Crippen LogP contribution is 2.59. The first-order valence-electron chi connectivity index (χ1n) is 8.95. The predicted molar refractivity (Wildman–Crippen MR) is 92.0 cm³/mol. The summed E-state index contributed by atoms with van der Waals surface area (Å²) in [5.74, 6) is -1.37. The Hall–Kier alpha value is -1.35. The molecule has 8 nitrogen and oxygen atoms in total. The van der Waals surface area contributed by atoms with E-state index in [1.54, 1.807) is 20.8 Å². The Morgan fingerprint density at radius 1 is 1.15 bits per heavy atom. The molecule has 4 rings (SSSR count). The summed E-state index contributed by atoms with van der Waals surface area (Å²) in [5, 5.41) is 3.01. The van der Waals surface area contributed by atoms with Crippen LogP contribution in [0.15, 0.2) is 0 Å². The molecule has 2 atom stereocenters. The molecule has 0 spiro atoms. The predicted octanol–water partition coefficient (Wildman–Crippen LogP) is 2.03.